The molecule has 0 radical (unpaired) electrons. The molecular weight excluding hydrogens is 406 g/mol. The normalized spacial score (nSPS) is 13.1. The summed E-state index contributed by atoms with van der Waals surface area (Å²) in [5.74, 6) is 1.37. The third-order valence-electron chi connectivity index (χ3n) is 4.89. The van der Waals surface area contributed by atoms with Gasteiger partial charge in [-0.15, -0.1) is 0 Å². The standard InChI is InChI=1S/C25H29N3O2S/c1-6-28(4)18-26-24-15-20(3)25(16-19(24)2)30-22-13-10-14-23(17-22)31(5,29)27-21-11-8-7-9-12-21/h7-18H,6H2,1-5H3/b26-18-. The molecule has 0 bridgehead atoms. The first-order chi connectivity index (χ1) is 14.8. The molecule has 0 spiro atoms. The van der Waals surface area contributed by atoms with Crippen LogP contribution in [0.4, 0.5) is 11.4 Å². The van der Waals surface area contributed by atoms with E-state index in [4.69, 9.17) is 4.74 Å². The van der Waals surface area contributed by atoms with Gasteiger partial charge in [-0.2, -0.15) is 4.36 Å². The van der Waals surface area contributed by atoms with E-state index in [1.54, 1.807) is 12.3 Å². The summed E-state index contributed by atoms with van der Waals surface area (Å²) in [5.41, 5.74) is 3.61. The molecule has 0 aliphatic heterocycles. The summed E-state index contributed by atoms with van der Waals surface area (Å²) in [6, 6.07) is 20.7. The van der Waals surface area contributed by atoms with Crippen molar-refractivity contribution in [2.24, 2.45) is 9.36 Å². The molecule has 0 saturated carbocycles. The maximum absolute atomic E-state index is 13.2. The second kappa shape index (κ2) is 9.79. The number of aryl methyl sites for hydroxylation is 2. The first kappa shape index (κ1) is 22.6. The van der Waals surface area contributed by atoms with Gasteiger partial charge >= 0.3 is 0 Å². The molecule has 0 heterocycles. The van der Waals surface area contributed by atoms with E-state index >= 15 is 0 Å². The number of aliphatic imine (C=N–C) groups is 1. The van der Waals surface area contributed by atoms with E-state index in [0.29, 0.717) is 16.3 Å². The van der Waals surface area contributed by atoms with Crippen molar-refractivity contribution in [1.29, 1.82) is 0 Å². The summed E-state index contributed by atoms with van der Waals surface area (Å²) in [4.78, 5) is 7.22. The number of hydrogen-bond donors (Lipinski definition) is 0. The van der Waals surface area contributed by atoms with Gasteiger partial charge in [-0.3, -0.25) is 0 Å². The summed E-state index contributed by atoms with van der Waals surface area (Å²) in [7, 11) is -0.608. The second-order valence-electron chi connectivity index (χ2n) is 7.53. The number of rotatable bonds is 7. The first-order valence-electron chi connectivity index (χ1n) is 10.2. The Labute approximate surface area is 185 Å². The monoisotopic (exact) mass is 435 g/mol. The van der Waals surface area contributed by atoms with Crippen LogP contribution in [0.5, 0.6) is 11.5 Å². The van der Waals surface area contributed by atoms with Crippen LogP contribution in [0, 0.1) is 13.8 Å². The third-order valence-corrected chi connectivity index (χ3v) is 6.58. The fraction of sp³-hybridized carbons (Fsp3) is 0.240. The number of ether oxygens (including phenoxy) is 1. The zero-order valence-electron chi connectivity index (χ0n) is 18.7. The van der Waals surface area contributed by atoms with Gasteiger partial charge in [-0.25, -0.2) is 9.20 Å². The van der Waals surface area contributed by atoms with Crippen LogP contribution in [-0.2, 0) is 9.73 Å². The average Bonchev–Trinajstić information content (AvgIpc) is 2.75. The SMILES string of the molecule is CCN(C)/C=N\c1cc(C)c(Oc2cccc(S(C)(=O)=Nc3ccccc3)c2)cc1C. The molecule has 31 heavy (non-hydrogen) atoms. The first-order valence-corrected chi connectivity index (χ1v) is 12.1. The summed E-state index contributed by atoms with van der Waals surface area (Å²) in [6.45, 7) is 6.99. The van der Waals surface area contributed by atoms with Gasteiger partial charge in [-0.1, -0.05) is 24.3 Å². The molecule has 0 fully saturated rings. The molecule has 0 N–H and O–H groups in total. The molecule has 3 rings (SSSR count). The van der Waals surface area contributed by atoms with E-state index in [9.17, 15) is 4.21 Å². The number of hydrogen-bond acceptors (Lipinski definition) is 4. The highest BCUT2D eigenvalue weighted by Gasteiger charge is 2.11. The van der Waals surface area contributed by atoms with Crippen molar-refractivity contribution in [3.8, 4) is 11.5 Å². The Bertz CT molecular complexity index is 1200. The van der Waals surface area contributed by atoms with E-state index in [-0.39, 0.29) is 0 Å². The Morgan fingerprint density at radius 1 is 1.00 bits per heavy atom. The Hall–Kier alpha value is -3.12. The van der Waals surface area contributed by atoms with Crippen molar-refractivity contribution < 1.29 is 8.95 Å². The van der Waals surface area contributed by atoms with Crippen LogP contribution in [0.3, 0.4) is 0 Å². The second-order valence-corrected chi connectivity index (χ2v) is 9.79. The predicted molar refractivity (Wildman–Crippen MR) is 130 cm³/mol. The van der Waals surface area contributed by atoms with Crippen molar-refractivity contribution >= 4 is 27.4 Å². The molecule has 1 atom stereocenters. The van der Waals surface area contributed by atoms with Gasteiger partial charge in [0.05, 0.1) is 32.3 Å². The average molecular weight is 436 g/mol. The predicted octanol–water partition coefficient (Wildman–Crippen LogP) is 6.50. The summed E-state index contributed by atoms with van der Waals surface area (Å²) in [5, 5.41) is 0. The molecule has 0 aliphatic rings. The molecular formula is C25H29N3O2S. The molecule has 5 nitrogen and oxygen atoms in total. The lowest BCUT2D eigenvalue weighted by molar-refractivity contribution is 0.477. The molecule has 6 heteroatoms. The van der Waals surface area contributed by atoms with Crippen molar-refractivity contribution in [3.63, 3.8) is 0 Å². The molecule has 3 aromatic carbocycles. The van der Waals surface area contributed by atoms with Gasteiger partial charge < -0.3 is 9.64 Å². The molecule has 0 aromatic heterocycles. The van der Waals surface area contributed by atoms with E-state index in [0.717, 1.165) is 29.1 Å². The van der Waals surface area contributed by atoms with Gasteiger partial charge in [0, 0.05) is 19.8 Å². The van der Waals surface area contributed by atoms with Crippen LogP contribution < -0.4 is 4.74 Å². The van der Waals surface area contributed by atoms with E-state index < -0.39 is 9.73 Å². The van der Waals surface area contributed by atoms with Crippen LogP contribution in [0.25, 0.3) is 0 Å². The van der Waals surface area contributed by atoms with Gasteiger partial charge in [0.2, 0.25) is 0 Å². The lowest BCUT2D eigenvalue weighted by atomic mass is 10.1. The van der Waals surface area contributed by atoms with E-state index in [1.165, 1.54) is 0 Å². The summed E-state index contributed by atoms with van der Waals surface area (Å²) < 4.78 is 23.8. The van der Waals surface area contributed by atoms with E-state index in [1.807, 2.05) is 92.8 Å². The molecule has 162 valence electrons. The fourth-order valence-corrected chi connectivity index (χ4v) is 4.20. The zero-order chi connectivity index (χ0) is 22.4. The van der Waals surface area contributed by atoms with Gasteiger partial charge in [0.15, 0.2) is 0 Å². The van der Waals surface area contributed by atoms with Crippen LogP contribution in [0.15, 0.2) is 81.0 Å². The van der Waals surface area contributed by atoms with Gasteiger partial charge in [0.1, 0.15) is 11.5 Å². The number of benzene rings is 3. The molecule has 3 aromatic rings. The smallest absolute Gasteiger partial charge is 0.130 e. The Morgan fingerprint density at radius 2 is 1.74 bits per heavy atom. The third kappa shape index (κ3) is 5.95. The molecule has 0 amide bonds. The summed E-state index contributed by atoms with van der Waals surface area (Å²) >= 11 is 0. The van der Waals surface area contributed by atoms with Gasteiger partial charge in [-0.05, 0) is 74.4 Å². The summed E-state index contributed by atoms with van der Waals surface area (Å²) in [6.07, 6.45) is 3.48. The van der Waals surface area contributed by atoms with Crippen LogP contribution >= 0.6 is 0 Å². The largest absolute Gasteiger partial charge is 0.457 e. The molecule has 0 aliphatic carbocycles. The minimum Gasteiger partial charge on any atom is -0.457 e. The van der Waals surface area contributed by atoms with Crippen molar-refractivity contribution in [2.75, 3.05) is 19.8 Å². The highest BCUT2D eigenvalue weighted by atomic mass is 32.2. The van der Waals surface area contributed by atoms with Crippen LogP contribution in [-0.4, -0.2) is 35.3 Å². The van der Waals surface area contributed by atoms with E-state index in [2.05, 4.69) is 16.3 Å². The molecule has 0 saturated heterocycles. The Morgan fingerprint density at radius 3 is 2.45 bits per heavy atom. The van der Waals surface area contributed by atoms with Crippen molar-refractivity contribution in [2.45, 2.75) is 25.7 Å². The Kier molecular flexibility index (Phi) is 7.13. The minimum atomic E-state index is -2.60. The Balaban J connectivity index is 1.88. The van der Waals surface area contributed by atoms with Crippen molar-refractivity contribution in [1.82, 2.24) is 4.90 Å². The fourth-order valence-electron chi connectivity index (χ4n) is 2.91. The maximum atomic E-state index is 13.2. The number of nitrogens with zero attached hydrogens (tertiary/aromatic N) is 3. The lowest BCUT2D eigenvalue weighted by Crippen LogP contribution is -2.14. The highest BCUT2D eigenvalue weighted by Crippen LogP contribution is 2.32. The quantitative estimate of drug-likeness (QED) is 0.315. The maximum Gasteiger partial charge on any atom is 0.130 e. The highest BCUT2D eigenvalue weighted by molar-refractivity contribution is 7.93. The van der Waals surface area contributed by atoms with Crippen LogP contribution in [0.2, 0.25) is 0 Å². The van der Waals surface area contributed by atoms with Gasteiger partial charge in [0.25, 0.3) is 0 Å². The topological polar surface area (TPSA) is 54.3 Å². The zero-order valence-corrected chi connectivity index (χ0v) is 19.5. The lowest BCUT2D eigenvalue weighted by Gasteiger charge is -2.13. The van der Waals surface area contributed by atoms with Crippen LogP contribution in [0.1, 0.15) is 18.1 Å². The minimum absolute atomic E-state index is 0.625. The van der Waals surface area contributed by atoms with Crippen molar-refractivity contribution in [3.05, 3.63) is 77.9 Å². The molecule has 1 unspecified atom stereocenters.